The van der Waals surface area contributed by atoms with Crippen LogP contribution in [0, 0.1) is 11.7 Å². The lowest BCUT2D eigenvalue weighted by atomic mass is 9.72. The van der Waals surface area contributed by atoms with Crippen LogP contribution in [0.1, 0.15) is 58.4 Å². The molecule has 1 N–H and O–H groups in total. The van der Waals surface area contributed by atoms with E-state index >= 15 is 0 Å². The fraction of sp³-hybridized carbons (Fsp3) is 0.667. The average Bonchev–Trinajstić information content (AvgIpc) is 2.93. The highest BCUT2D eigenvalue weighted by Crippen LogP contribution is 2.38. The Balaban J connectivity index is 2.22. The summed E-state index contributed by atoms with van der Waals surface area (Å²) < 4.78 is 13.2. The van der Waals surface area contributed by atoms with Crippen molar-refractivity contribution in [2.45, 2.75) is 64.3 Å². The van der Waals surface area contributed by atoms with Gasteiger partial charge in [0.05, 0.1) is 0 Å². The molecule has 0 aliphatic heterocycles. The summed E-state index contributed by atoms with van der Waals surface area (Å²) in [4.78, 5) is 0. The van der Waals surface area contributed by atoms with Crippen LogP contribution in [0.3, 0.4) is 0 Å². The molecule has 1 saturated carbocycles. The third-order valence-corrected chi connectivity index (χ3v) is 4.85. The third-order valence-electron chi connectivity index (χ3n) is 4.85. The first-order valence-electron chi connectivity index (χ1n) is 8.05. The van der Waals surface area contributed by atoms with Crippen LogP contribution in [-0.4, -0.2) is 12.6 Å². The molecule has 0 aromatic heterocycles. The van der Waals surface area contributed by atoms with E-state index in [-0.39, 0.29) is 11.2 Å². The van der Waals surface area contributed by atoms with Crippen molar-refractivity contribution in [2.75, 3.05) is 6.54 Å². The summed E-state index contributed by atoms with van der Waals surface area (Å²) in [6.45, 7) is 7.87. The van der Waals surface area contributed by atoms with Gasteiger partial charge in [-0.1, -0.05) is 45.7 Å². The van der Waals surface area contributed by atoms with Gasteiger partial charge in [-0.15, -0.1) is 0 Å². The fourth-order valence-electron chi connectivity index (χ4n) is 3.66. The van der Waals surface area contributed by atoms with E-state index in [1.54, 1.807) is 12.1 Å². The summed E-state index contributed by atoms with van der Waals surface area (Å²) in [6, 6.07) is 7.55. The molecular formula is C18H28FN. The van der Waals surface area contributed by atoms with Crippen molar-refractivity contribution in [3.05, 3.63) is 35.6 Å². The standard InChI is InChI=1S/C18H28FN/c1-4-13-20-17(14-7-5-6-8-14)18(2,3)15-9-11-16(19)12-10-15/h9-12,14,17,20H,4-8,13H2,1-3H3. The topological polar surface area (TPSA) is 12.0 Å². The molecule has 1 aliphatic rings. The molecule has 112 valence electrons. The molecule has 0 saturated heterocycles. The summed E-state index contributed by atoms with van der Waals surface area (Å²) in [7, 11) is 0. The Morgan fingerprint density at radius 3 is 2.35 bits per heavy atom. The third kappa shape index (κ3) is 3.41. The number of hydrogen-bond acceptors (Lipinski definition) is 1. The summed E-state index contributed by atoms with van der Waals surface area (Å²) in [5.74, 6) is 0.602. The number of nitrogens with one attached hydrogen (secondary N) is 1. The van der Waals surface area contributed by atoms with Crippen molar-refractivity contribution in [2.24, 2.45) is 5.92 Å². The molecule has 1 fully saturated rings. The van der Waals surface area contributed by atoms with Gasteiger partial charge in [0.1, 0.15) is 5.82 Å². The highest BCUT2D eigenvalue weighted by molar-refractivity contribution is 5.27. The molecule has 1 aliphatic carbocycles. The van der Waals surface area contributed by atoms with E-state index in [4.69, 9.17) is 0 Å². The molecule has 1 atom stereocenters. The second-order valence-corrected chi connectivity index (χ2v) is 6.70. The molecule has 0 radical (unpaired) electrons. The van der Waals surface area contributed by atoms with Crippen molar-refractivity contribution < 1.29 is 4.39 Å². The summed E-state index contributed by atoms with van der Waals surface area (Å²) in [5.41, 5.74) is 1.28. The Kier molecular flexibility index (Phi) is 5.20. The van der Waals surface area contributed by atoms with Gasteiger partial charge in [0.25, 0.3) is 0 Å². The fourth-order valence-corrected chi connectivity index (χ4v) is 3.66. The van der Waals surface area contributed by atoms with Crippen LogP contribution in [-0.2, 0) is 5.41 Å². The molecule has 20 heavy (non-hydrogen) atoms. The van der Waals surface area contributed by atoms with Crippen LogP contribution >= 0.6 is 0 Å². The van der Waals surface area contributed by atoms with E-state index in [2.05, 4.69) is 26.1 Å². The minimum Gasteiger partial charge on any atom is -0.313 e. The molecule has 1 aromatic rings. The molecular weight excluding hydrogens is 249 g/mol. The van der Waals surface area contributed by atoms with Crippen LogP contribution in [0.2, 0.25) is 0 Å². The second kappa shape index (κ2) is 6.71. The zero-order chi connectivity index (χ0) is 14.6. The van der Waals surface area contributed by atoms with Crippen LogP contribution in [0.15, 0.2) is 24.3 Å². The monoisotopic (exact) mass is 277 g/mol. The van der Waals surface area contributed by atoms with Gasteiger partial charge >= 0.3 is 0 Å². The van der Waals surface area contributed by atoms with E-state index in [9.17, 15) is 4.39 Å². The van der Waals surface area contributed by atoms with Crippen LogP contribution < -0.4 is 5.32 Å². The molecule has 0 spiro atoms. The van der Waals surface area contributed by atoms with E-state index in [0.717, 1.165) is 18.9 Å². The number of benzene rings is 1. The van der Waals surface area contributed by atoms with E-state index < -0.39 is 0 Å². The minimum atomic E-state index is -0.150. The molecule has 0 heterocycles. The lowest BCUT2D eigenvalue weighted by Crippen LogP contribution is -2.49. The Bertz CT molecular complexity index is 404. The Hall–Kier alpha value is -0.890. The van der Waals surface area contributed by atoms with Crippen molar-refractivity contribution in [1.82, 2.24) is 5.32 Å². The average molecular weight is 277 g/mol. The van der Waals surface area contributed by atoms with Crippen LogP contribution in [0.25, 0.3) is 0 Å². The molecule has 1 nitrogen and oxygen atoms in total. The van der Waals surface area contributed by atoms with Gasteiger partial charge in [-0.25, -0.2) is 4.39 Å². The first kappa shape index (κ1) is 15.5. The quantitative estimate of drug-likeness (QED) is 0.797. The first-order chi connectivity index (χ1) is 9.55. The van der Waals surface area contributed by atoms with Gasteiger partial charge < -0.3 is 5.32 Å². The van der Waals surface area contributed by atoms with Crippen molar-refractivity contribution in [3.63, 3.8) is 0 Å². The highest BCUT2D eigenvalue weighted by Gasteiger charge is 2.37. The van der Waals surface area contributed by atoms with Crippen LogP contribution in [0.5, 0.6) is 0 Å². The lowest BCUT2D eigenvalue weighted by molar-refractivity contribution is 0.246. The lowest BCUT2D eigenvalue weighted by Gasteiger charge is -2.39. The summed E-state index contributed by atoms with van der Waals surface area (Å²) >= 11 is 0. The summed E-state index contributed by atoms with van der Waals surface area (Å²) in [6.07, 6.45) is 6.52. The number of rotatable bonds is 6. The maximum absolute atomic E-state index is 13.2. The normalized spacial score (nSPS) is 18.4. The van der Waals surface area contributed by atoms with Gasteiger partial charge in [-0.3, -0.25) is 0 Å². The van der Waals surface area contributed by atoms with Crippen LogP contribution in [0.4, 0.5) is 4.39 Å². The zero-order valence-electron chi connectivity index (χ0n) is 13.1. The smallest absolute Gasteiger partial charge is 0.123 e. The molecule has 0 amide bonds. The van der Waals surface area contributed by atoms with Gasteiger partial charge in [-0.2, -0.15) is 0 Å². The van der Waals surface area contributed by atoms with Crippen molar-refractivity contribution >= 4 is 0 Å². The maximum atomic E-state index is 13.2. The van der Waals surface area contributed by atoms with E-state index in [1.165, 1.54) is 31.2 Å². The number of halogens is 1. The van der Waals surface area contributed by atoms with E-state index in [0.29, 0.717) is 6.04 Å². The largest absolute Gasteiger partial charge is 0.313 e. The SMILES string of the molecule is CCCNC(C1CCCC1)C(C)(C)c1ccc(F)cc1. The van der Waals surface area contributed by atoms with Gasteiger partial charge in [0.2, 0.25) is 0 Å². The Morgan fingerprint density at radius 2 is 1.80 bits per heavy atom. The first-order valence-corrected chi connectivity index (χ1v) is 8.05. The number of hydrogen-bond donors (Lipinski definition) is 1. The van der Waals surface area contributed by atoms with Gasteiger partial charge in [-0.05, 0) is 49.4 Å². The Labute approximate surface area is 123 Å². The molecule has 2 rings (SSSR count). The predicted octanol–water partition coefficient (Wildman–Crippen LogP) is 4.66. The van der Waals surface area contributed by atoms with Crippen molar-refractivity contribution in [1.29, 1.82) is 0 Å². The maximum Gasteiger partial charge on any atom is 0.123 e. The second-order valence-electron chi connectivity index (χ2n) is 6.70. The molecule has 1 aromatic carbocycles. The van der Waals surface area contributed by atoms with Crippen molar-refractivity contribution in [3.8, 4) is 0 Å². The summed E-state index contributed by atoms with van der Waals surface area (Å²) in [5, 5.41) is 3.77. The minimum absolute atomic E-state index is 0.0396. The van der Waals surface area contributed by atoms with Gasteiger partial charge in [0, 0.05) is 11.5 Å². The molecule has 2 heteroatoms. The molecule has 1 unspecified atom stereocenters. The molecule has 0 bridgehead atoms. The predicted molar refractivity (Wildman–Crippen MR) is 83.5 cm³/mol. The Morgan fingerprint density at radius 1 is 1.20 bits per heavy atom. The zero-order valence-corrected chi connectivity index (χ0v) is 13.1. The van der Waals surface area contributed by atoms with E-state index in [1.807, 2.05) is 12.1 Å². The van der Waals surface area contributed by atoms with Gasteiger partial charge in [0.15, 0.2) is 0 Å². The highest BCUT2D eigenvalue weighted by atomic mass is 19.1.